The van der Waals surface area contributed by atoms with Crippen molar-refractivity contribution in [1.82, 2.24) is 19.4 Å². The summed E-state index contributed by atoms with van der Waals surface area (Å²) in [7, 11) is 3.70. The fourth-order valence-electron chi connectivity index (χ4n) is 3.65. The SMILES string of the molecule is CN(c1nc(-c2ccncc2)cc(=O)n1C)C1CCCN(C(=O)OC(C)(C)C)CC1. The van der Waals surface area contributed by atoms with Crippen molar-refractivity contribution in [1.29, 1.82) is 0 Å². The topological polar surface area (TPSA) is 80.6 Å². The van der Waals surface area contributed by atoms with Crippen LogP contribution in [0.1, 0.15) is 40.0 Å². The third-order valence-corrected chi connectivity index (χ3v) is 5.30. The second-order valence-electron chi connectivity index (χ2n) is 8.74. The van der Waals surface area contributed by atoms with Crippen molar-refractivity contribution >= 4 is 12.0 Å². The molecule has 162 valence electrons. The molecule has 2 aromatic heterocycles. The number of anilines is 1. The van der Waals surface area contributed by atoms with Crippen LogP contribution in [0.4, 0.5) is 10.7 Å². The van der Waals surface area contributed by atoms with Gasteiger partial charge in [0.1, 0.15) is 5.60 Å². The van der Waals surface area contributed by atoms with Crippen LogP contribution in [0.2, 0.25) is 0 Å². The number of amides is 1. The molecule has 0 saturated carbocycles. The van der Waals surface area contributed by atoms with Gasteiger partial charge in [-0.05, 0) is 52.2 Å². The lowest BCUT2D eigenvalue weighted by atomic mass is 10.1. The van der Waals surface area contributed by atoms with Gasteiger partial charge in [0.25, 0.3) is 5.56 Å². The van der Waals surface area contributed by atoms with E-state index in [0.717, 1.165) is 24.8 Å². The van der Waals surface area contributed by atoms with Crippen LogP contribution < -0.4 is 10.5 Å². The maximum absolute atomic E-state index is 12.6. The predicted octanol–water partition coefficient (Wildman–Crippen LogP) is 3.07. The van der Waals surface area contributed by atoms with E-state index in [-0.39, 0.29) is 17.7 Å². The van der Waals surface area contributed by atoms with E-state index in [2.05, 4.69) is 9.88 Å². The molecule has 3 rings (SSSR count). The Kier molecular flexibility index (Phi) is 6.43. The second kappa shape index (κ2) is 8.85. The lowest BCUT2D eigenvalue weighted by Gasteiger charge is -2.30. The largest absolute Gasteiger partial charge is 0.444 e. The van der Waals surface area contributed by atoms with Gasteiger partial charge < -0.3 is 14.5 Å². The molecule has 0 N–H and O–H groups in total. The number of ether oxygens (including phenoxy) is 1. The van der Waals surface area contributed by atoms with Crippen LogP contribution in [0.25, 0.3) is 11.3 Å². The molecule has 0 aliphatic carbocycles. The van der Waals surface area contributed by atoms with Gasteiger partial charge in [-0.3, -0.25) is 14.3 Å². The molecule has 0 radical (unpaired) electrons. The first-order chi connectivity index (χ1) is 14.2. The minimum Gasteiger partial charge on any atom is -0.444 e. The fraction of sp³-hybridized carbons (Fsp3) is 0.545. The van der Waals surface area contributed by atoms with E-state index in [1.807, 2.05) is 40.0 Å². The molecule has 3 heterocycles. The van der Waals surface area contributed by atoms with Crippen LogP contribution in [0.15, 0.2) is 35.4 Å². The normalized spacial score (nSPS) is 17.4. The first kappa shape index (κ1) is 21.8. The van der Waals surface area contributed by atoms with Crippen LogP contribution in [-0.4, -0.2) is 57.3 Å². The number of hydrogen-bond acceptors (Lipinski definition) is 6. The van der Waals surface area contributed by atoms with E-state index >= 15 is 0 Å². The zero-order chi connectivity index (χ0) is 21.9. The maximum Gasteiger partial charge on any atom is 0.410 e. The quantitative estimate of drug-likeness (QED) is 0.769. The lowest BCUT2D eigenvalue weighted by Crippen LogP contribution is -2.39. The molecule has 1 aliphatic heterocycles. The molecule has 1 aliphatic rings. The van der Waals surface area contributed by atoms with Crippen LogP contribution in [0.3, 0.4) is 0 Å². The zero-order valence-corrected chi connectivity index (χ0v) is 18.5. The van der Waals surface area contributed by atoms with Crippen LogP contribution in [-0.2, 0) is 11.8 Å². The highest BCUT2D eigenvalue weighted by molar-refractivity contribution is 5.68. The van der Waals surface area contributed by atoms with Crippen molar-refractivity contribution in [2.75, 3.05) is 25.0 Å². The highest BCUT2D eigenvalue weighted by Gasteiger charge is 2.28. The summed E-state index contributed by atoms with van der Waals surface area (Å²) in [5, 5.41) is 0. The molecule has 1 atom stereocenters. The Labute approximate surface area is 177 Å². The third kappa shape index (κ3) is 5.17. The van der Waals surface area contributed by atoms with Gasteiger partial charge in [-0.1, -0.05) is 0 Å². The Bertz CT molecular complexity index is 936. The number of hydrogen-bond donors (Lipinski definition) is 0. The van der Waals surface area contributed by atoms with E-state index in [4.69, 9.17) is 9.72 Å². The zero-order valence-electron chi connectivity index (χ0n) is 18.5. The summed E-state index contributed by atoms with van der Waals surface area (Å²) in [6, 6.07) is 5.40. The summed E-state index contributed by atoms with van der Waals surface area (Å²) in [5.41, 5.74) is 0.873. The predicted molar refractivity (Wildman–Crippen MR) is 117 cm³/mol. The first-order valence-corrected chi connectivity index (χ1v) is 10.3. The number of rotatable bonds is 3. The highest BCUT2D eigenvalue weighted by Crippen LogP contribution is 2.23. The van der Waals surface area contributed by atoms with Crippen molar-refractivity contribution in [3.8, 4) is 11.3 Å². The van der Waals surface area contributed by atoms with Crippen molar-refractivity contribution < 1.29 is 9.53 Å². The number of carbonyl (C=O) groups excluding carboxylic acids is 1. The standard InChI is InChI=1S/C22H31N5O3/c1-22(2,3)30-21(29)27-13-6-7-17(10-14-27)25(4)20-24-18(15-19(28)26(20)5)16-8-11-23-12-9-16/h8-9,11-12,15,17H,6-7,10,13-14H2,1-5H3. The molecular formula is C22H31N5O3. The molecule has 0 bridgehead atoms. The first-order valence-electron chi connectivity index (χ1n) is 10.3. The van der Waals surface area contributed by atoms with Crippen LogP contribution >= 0.6 is 0 Å². The maximum atomic E-state index is 12.6. The molecule has 1 unspecified atom stereocenters. The molecule has 0 spiro atoms. The highest BCUT2D eigenvalue weighted by atomic mass is 16.6. The van der Waals surface area contributed by atoms with Crippen molar-refractivity contribution in [2.45, 2.75) is 51.7 Å². The van der Waals surface area contributed by atoms with Gasteiger partial charge in [-0.15, -0.1) is 0 Å². The Morgan fingerprint density at radius 3 is 2.57 bits per heavy atom. The minimum absolute atomic E-state index is 0.109. The summed E-state index contributed by atoms with van der Waals surface area (Å²) in [4.78, 5) is 37.7. The molecule has 8 heteroatoms. The molecule has 8 nitrogen and oxygen atoms in total. The van der Waals surface area contributed by atoms with E-state index in [9.17, 15) is 9.59 Å². The molecule has 30 heavy (non-hydrogen) atoms. The van der Waals surface area contributed by atoms with Gasteiger partial charge in [-0.2, -0.15) is 0 Å². The summed E-state index contributed by atoms with van der Waals surface area (Å²) in [6.45, 7) is 6.91. The fourth-order valence-corrected chi connectivity index (χ4v) is 3.65. The Morgan fingerprint density at radius 2 is 1.90 bits per heavy atom. The van der Waals surface area contributed by atoms with Crippen molar-refractivity contribution in [3.05, 3.63) is 40.9 Å². The van der Waals surface area contributed by atoms with E-state index < -0.39 is 5.60 Å². The minimum atomic E-state index is -0.505. The van der Waals surface area contributed by atoms with Crippen molar-refractivity contribution in [3.63, 3.8) is 0 Å². The number of likely N-dealkylation sites (tertiary alicyclic amines) is 1. The summed E-state index contributed by atoms with van der Waals surface area (Å²) in [6.07, 6.45) is 5.67. The number of pyridine rings is 1. The van der Waals surface area contributed by atoms with Gasteiger partial charge in [0.15, 0.2) is 0 Å². The number of nitrogens with zero attached hydrogens (tertiary/aromatic N) is 5. The molecule has 1 fully saturated rings. The number of aromatic nitrogens is 3. The summed E-state index contributed by atoms with van der Waals surface area (Å²) < 4.78 is 7.09. The Balaban J connectivity index is 1.78. The molecule has 1 saturated heterocycles. The van der Waals surface area contributed by atoms with E-state index in [0.29, 0.717) is 24.7 Å². The molecule has 1 amide bonds. The van der Waals surface area contributed by atoms with Gasteiger partial charge in [-0.25, -0.2) is 9.78 Å². The van der Waals surface area contributed by atoms with Crippen LogP contribution in [0.5, 0.6) is 0 Å². The van der Waals surface area contributed by atoms with Crippen molar-refractivity contribution in [2.24, 2.45) is 7.05 Å². The summed E-state index contributed by atoms with van der Waals surface area (Å²) >= 11 is 0. The Hall–Kier alpha value is -2.90. The van der Waals surface area contributed by atoms with Gasteiger partial charge in [0, 0.05) is 57.3 Å². The summed E-state index contributed by atoms with van der Waals surface area (Å²) in [5.74, 6) is 0.616. The number of carbonyl (C=O) groups is 1. The van der Waals surface area contributed by atoms with Gasteiger partial charge in [0.05, 0.1) is 5.69 Å². The van der Waals surface area contributed by atoms with E-state index in [1.165, 1.54) is 0 Å². The third-order valence-electron chi connectivity index (χ3n) is 5.30. The van der Waals surface area contributed by atoms with E-state index in [1.54, 1.807) is 35.0 Å². The monoisotopic (exact) mass is 413 g/mol. The smallest absolute Gasteiger partial charge is 0.410 e. The molecule has 0 aromatic carbocycles. The Morgan fingerprint density at radius 1 is 1.20 bits per heavy atom. The second-order valence-corrected chi connectivity index (χ2v) is 8.74. The average Bonchev–Trinajstić information content (AvgIpc) is 2.95. The average molecular weight is 414 g/mol. The molecule has 2 aromatic rings. The van der Waals surface area contributed by atoms with Gasteiger partial charge in [0.2, 0.25) is 5.95 Å². The lowest BCUT2D eigenvalue weighted by molar-refractivity contribution is 0.0256. The van der Waals surface area contributed by atoms with Crippen LogP contribution in [0, 0.1) is 0 Å². The molecular weight excluding hydrogens is 382 g/mol. The van der Waals surface area contributed by atoms with Gasteiger partial charge >= 0.3 is 6.09 Å².